The number of nitrogens with one attached hydrogen (secondary N) is 1. The zero-order valence-electron chi connectivity index (χ0n) is 17.6. The smallest absolute Gasteiger partial charge is 0.194 e. The van der Waals surface area contributed by atoms with E-state index in [-0.39, 0.29) is 42.0 Å². The fourth-order valence-electron chi connectivity index (χ4n) is 3.69. The van der Waals surface area contributed by atoms with Gasteiger partial charge in [-0.1, -0.05) is 24.3 Å². The van der Waals surface area contributed by atoms with Crippen molar-refractivity contribution in [3.63, 3.8) is 0 Å². The van der Waals surface area contributed by atoms with Gasteiger partial charge in [-0.3, -0.25) is 4.99 Å². The lowest BCUT2D eigenvalue weighted by atomic mass is 10.1. The van der Waals surface area contributed by atoms with Crippen LogP contribution < -0.4 is 5.32 Å². The third kappa shape index (κ3) is 5.82. The van der Waals surface area contributed by atoms with Crippen LogP contribution in [0.4, 0.5) is 4.39 Å². The van der Waals surface area contributed by atoms with Crippen LogP contribution in [0.2, 0.25) is 0 Å². The predicted octanol–water partition coefficient (Wildman–Crippen LogP) is 4.17. The van der Waals surface area contributed by atoms with Gasteiger partial charge in [0.1, 0.15) is 11.9 Å². The number of halogens is 2. The molecule has 0 aliphatic carbocycles. The number of hydrogen-bond donors (Lipinski definition) is 1. The second-order valence-electron chi connectivity index (χ2n) is 7.41. The highest BCUT2D eigenvalue weighted by Gasteiger charge is 2.28. The normalized spacial score (nSPS) is 19.1. The molecule has 4 rings (SSSR count). The fraction of sp³-hybridized carbons (Fsp3) is 0.304. The Bertz CT molecular complexity index is 976. The topological polar surface area (TPSA) is 54.7 Å². The van der Waals surface area contributed by atoms with Crippen molar-refractivity contribution in [3.05, 3.63) is 83.9 Å². The van der Waals surface area contributed by atoms with Crippen LogP contribution in [0.3, 0.4) is 0 Å². The van der Waals surface area contributed by atoms with Crippen LogP contribution in [0, 0.1) is 5.82 Å². The fourth-order valence-corrected chi connectivity index (χ4v) is 3.69. The quantitative estimate of drug-likeness (QED) is 0.310. The molecule has 0 radical (unpaired) electrons. The first-order valence-electron chi connectivity index (χ1n) is 10.1. The first kappa shape index (κ1) is 23.2. The van der Waals surface area contributed by atoms with E-state index in [1.54, 1.807) is 25.4 Å². The monoisotopic (exact) mass is 535 g/mol. The molecule has 1 aliphatic heterocycles. The van der Waals surface area contributed by atoms with Gasteiger partial charge in [0.15, 0.2) is 5.96 Å². The minimum Gasteiger partial charge on any atom is -0.367 e. The Balaban J connectivity index is 0.00000272. The van der Waals surface area contributed by atoms with Gasteiger partial charge in [0.2, 0.25) is 0 Å². The third-order valence-corrected chi connectivity index (χ3v) is 5.17. The van der Waals surface area contributed by atoms with E-state index >= 15 is 0 Å². The summed E-state index contributed by atoms with van der Waals surface area (Å²) in [7, 11) is 1.79. The first-order chi connectivity index (χ1) is 14.6. The molecule has 0 bridgehead atoms. The third-order valence-electron chi connectivity index (χ3n) is 5.17. The molecule has 0 spiro atoms. The molecule has 0 amide bonds. The summed E-state index contributed by atoms with van der Waals surface area (Å²) in [5.41, 5.74) is 3.15. The summed E-state index contributed by atoms with van der Waals surface area (Å²) in [4.78, 5) is 6.66. The standard InChI is InChI=1S/C23H26FN5O.HI/c1-17-15-28(16-22(30-17)19-6-8-20(24)9-7-19)23(25-2)26-14-18-4-10-21(11-5-18)29-13-3-12-27-29;/h3-13,17,22H,14-16H2,1-2H3,(H,25,26);1H. The molecule has 2 aromatic carbocycles. The van der Waals surface area contributed by atoms with Crippen molar-refractivity contribution in [1.82, 2.24) is 20.0 Å². The number of aliphatic imine (C=N–C) groups is 1. The highest BCUT2D eigenvalue weighted by molar-refractivity contribution is 14.0. The second kappa shape index (κ2) is 10.7. The van der Waals surface area contributed by atoms with Crippen LogP contribution in [0.5, 0.6) is 0 Å². The van der Waals surface area contributed by atoms with Gasteiger partial charge in [-0.25, -0.2) is 9.07 Å². The molecule has 2 heterocycles. The second-order valence-corrected chi connectivity index (χ2v) is 7.41. The number of morpholine rings is 1. The van der Waals surface area contributed by atoms with E-state index in [1.807, 2.05) is 36.0 Å². The van der Waals surface area contributed by atoms with E-state index in [4.69, 9.17) is 4.74 Å². The lowest BCUT2D eigenvalue weighted by molar-refractivity contribution is -0.0605. The summed E-state index contributed by atoms with van der Waals surface area (Å²) in [5.74, 6) is 0.587. The Morgan fingerprint density at radius 1 is 1.16 bits per heavy atom. The molecule has 1 aromatic heterocycles. The molecule has 1 N–H and O–H groups in total. The first-order valence-corrected chi connectivity index (χ1v) is 10.1. The molecule has 2 unspecified atom stereocenters. The molecule has 6 nitrogen and oxygen atoms in total. The Kier molecular flexibility index (Phi) is 8.03. The molecular formula is C23H27FIN5O. The van der Waals surface area contributed by atoms with Crippen molar-refractivity contribution in [2.75, 3.05) is 20.1 Å². The van der Waals surface area contributed by atoms with Crippen molar-refractivity contribution in [2.45, 2.75) is 25.7 Å². The minimum absolute atomic E-state index is 0. The molecule has 2 atom stereocenters. The summed E-state index contributed by atoms with van der Waals surface area (Å²) < 4.78 is 21.2. The van der Waals surface area contributed by atoms with E-state index in [2.05, 4.69) is 32.4 Å². The van der Waals surface area contributed by atoms with Crippen molar-refractivity contribution >= 4 is 29.9 Å². The van der Waals surface area contributed by atoms with Crippen LogP contribution in [0.25, 0.3) is 5.69 Å². The lowest BCUT2D eigenvalue weighted by Gasteiger charge is -2.38. The van der Waals surface area contributed by atoms with Gasteiger partial charge in [0.05, 0.1) is 18.3 Å². The van der Waals surface area contributed by atoms with Crippen LogP contribution in [0.1, 0.15) is 24.2 Å². The maximum atomic E-state index is 13.3. The number of aromatic nitrogens is 2. The molecule has 8 heteroatoms. The van der Waals surface area contributed by atoms with Gasteiger partial charge in [0, 0.05) is 32.5 Å². The van der Waals surface area contributed by atoms with Crippen molar-refractivity contribution < 1.29 is 9.13 Å². The largest absolute Gasteiger partial charge is 0.367 e. The molecule has 164 valence electrons. The van der Waals surface area contributed by atoms with E-state index in [0.717, 1.165) is 29.3 Å². The summed E-state index contributed by atoms with van der Waals surface area (Å²) in [6.45, 7) is 4.12. The van der Waals surface area contributed by atoms with Crippen molar-refractivity contribution in [3.8, 4) is 5.69 Å². The molecule has 31 heavy (non-hydrogen) atoms. The number of rotatable bonds is 4. The highest BCUT2D eigenvalue weighted by atomic mass is 127. The van der Waals surface area contributed by atoms with E-state index in [1.165, 1.54) is 12.1 Å². The Hall–Kier alpha value is -2.46. The Morgan fingerprint density at radius 2 is 1.90 bits per heavy atom. The van der Waals surface area contributed by atoms with E-state index in [0.29, 0.717) is 13.1 Å². The van der Waals surface area contributed by atoms with Gasteiger partial charge >= 0.3 is 0 Å². The number of benzene rings is 2. The summed E-state index contributed by atoms with van der Waals surface area (Å²) in [6.07, 6.45) is 3.61. The van der Waals surface area contributed by atoms with Crippen LogP contribution in [-0.2, 0) is 11.3 Å². The number of guanidine groups is 1. The summed E-state index contributed by atoms with van der Waals surface area (Å²) >= 11 is 0. The van der Waals surface area contributed by atoms with Gasteiger partial charge < -0.3 is 15.0 Å². The van der Waals surface area contributed by atoms with Crippen LogP contribution in [-0.4, -0.2) is 46.9 Å². The van der Waals surface area contributed by atoms with E-state index in [9.17, 15) is 4.39 Å². The Morgan fingerprint density at radius 3 is 2.55 bits per heavy atom. The number of nitrogens with zero attached hydrogens (tertiary/aromatic N) is 4. The molecule has 3 aromatic rings. The average Bonchev–Trinajstić information content (AvgIpc) is 3.30. The average molecular weight is 535 g/mol. The minimum atomic E-state index is -0.240. The van der Waals surface area contributed by atoms with Gasteiger partial charge in [-0.15, -0.1) is 24.0 Å². The molecule has 1 saturated heterocycles. The number of hydrogen-bond acceptors (Lipinski definition) is 3. The van der Waals surface area contributed by atoms with Gasteiger partial charge in [0.25, 0.3) is 0 Å². The molecule has 1 fully saturated rings. The SMILES string of the molecule is CN=C(NCc1ccc(-n2cccn2)cc1)N1CC(C)OC(c2ccc(F)cc2)C1.I. The van der Waals surface area contributed by atoms with Crippen molar-refractivity contribution in [2.24, 2.45) is 4.99 Å². The predicted molar refractivity (Wildman–Crippen MR) is 130 cm³/mol. The zero-order valence-corrected chi connectivity index (χ0v) is 19.9. The number of ether oxygens (including phenoxy) is 1. The Labute approximate surface area is 199 Å². The van der Waals surface area contributed by atoms with Crippen molar-refractivity contribution in [1.29, 1.82) is 0 Å². The molecular weight excluding hydrogens is 508 g/mol. The van der Waals surface area contributed by atoms with Gasteiger partial charge in [-0.2, -0.15) is 5.10 Å². The van der Waals surface area contributed by atoms with Crippen LogP contribution >= 0.6 is 24.0 Å². The molecule has 1 aliphatic rings. The summed E-state index contributed by atoms with van der Waals surface area (Å²) in [5, 5.41) is 7.70. The van der Waals surface area contributed by atoms with Crippen LogP contribution in [0.15, 0.2) is 72.0 Å². The molecule has 0 saturated carbocycles. The highest BCUT2D eigenvalue weighted by Crippen LogP contribution is 2.25. The zero-order chi connectivity index (χ0) is 20.9. The maximum absolute atomic E-state index is 13.3. The lowest BCUT2D eigenvalue weighted by Crippen LogP contribution is -2.50. The summed E-state index contributed by atoms with van der Waals surface area (Å²) in [6, 6.07) is 16.7. The van der Waals surface area contributed by atoms with Gasteiger partial charge in [-0.05, 0) is 48.4 Å². The van der Waals surface area contributed by atoms with E-state index < -0.39 is 0 Å². The maximum Gasteiger partial charge on any atom is 0.194 e.